The molecule has 4 N–H and O–H groups in total. The van der Waals surface area contributed by atoms with Gasteiger partial charge in [-0.2, -0.15) is 0 Å². The van der Waals surface area contributed by atoms with Crippen LogP contribution in [-0.2, 0) is 25.7 Å². The second-order valence-corrected chi connectivity index (χ2v) is 11.7. The van der Waals surface area contributed by atoms with Crippen molar-refractivity contribution in [3.05, 3.63) is 39.8 Å². The summed E-state index contributed by atoms with van der Waals surface area (Å²) in [6.45, 7) is 8.20. The van der Waals surface area contributed by atoms with E-state index in [1.807, 2.05) is 0 Å². The molecule has 14 heteroatoms. The Balaban J connectivity index is 1.87. The number of fused-ring (bicyclic) bond motifs is 1. The summed E-state index contributed by atoms with van der Waals surface area (Å²) in [5.74, 6) is -2.58. The number of alkyl carbamates (subject to hydrolysis) is 1. The van der Waals surface area contributed by atoms with Crippen molar-refractivity contribution in [2.45, 2.75) is 75.0 Å². The molecule has 3 amide bonds. The van der Waals surface area contributed by atoms with Crippen LogP contribution in [0.25, 0.3) is 10.4 Å². The molecule has 1 aromatic rings. The van der Waals surface area contributed by atoms with Crippen LogP contribution in [0.1, 0.15) is 51.8 Å². The normalized spacial score (nSPS) is 23.0. The van der Waals surface area contributed by atoms with E-state index in [0.717, 1.165) is 0 Å². The molecule has 1 aromatic carbocycles. The van der Waals surface area contributed by atoms with Gasteiger partial charge in [0.05, 0.1) is 6.54 Å². The molecule has 0 aliphatic carbocycles. The minimum absolute atomic E-state index is 0.170. The minimum atomic E-state index is -1.33. The summed E-state index contributed by atoms with van der Waals surface area (Å²) in [5, 5.41) is 27.6. The van der Waals surface area contributed by atoms with E-state index < -0.39 is 57.7 Å². The largest absolute Gasteiger partial charge is 0.508 e. The molecule has 2 aliphatic heterocycles. The summed E-state index contributed by atoms with van der Waals surface area (Å²) in [4.78, 5) is 54.3. The highest BCUT2D eigenvalue weighted by Crippen LogP contribution is 2.50. The Morgan fingerprint density at radius 2 is 2.00 bits per heavy atom. The zero-order valence-electron chi connectivity index (χ0n) is 20.4. The quantitative estimate of drug-likeness (QED) is 0.182. The number of nitrogens with one attached hydrogen (secondary N) is 2. The summed E-state index contributed by atoms with van der Waals surface area (Å²) in [6.07, 6.45) is -0.892. The number of phenolic OH excluding ortho intramolecular Hbond substituents is 1. The lowest BCUT2D eigenvalue weighted by Gasteiger charge is -2.44. The Labute approximate surface area is 211 Å². The van der Waals surface area contributed by atoms with Crippen molar-refractivity contribution in [3.63, 3.8) is 0 Å². The van der Waals surface area contributed by atoms with Crippen molar-refractivity contribution < 1.29 is 34.1 Å². The second-order valence-electron chi connectivity index (χ2n) is 9.94. The van der Waals surface area contributed by atoms with Gasteiger partial charge in [0.25, 0.3) is 0 Å². The first-order chi connectivity index (χ1) is 16.7. The Hall–Kier alpha value is -3.64. The van der Waals surface area contributed by atoms with E-state index in [0.29, 0.717) is 0 Å². The van der Waals surface area contributed by atoms with Crippen LogP contribution in [0.3, 0.4) is 0 Å². The second kappa shape index (κ2) is 9.78. The molecule has 2 saturated heterocycles. The zero-order chi connectivity index (χ0) is 27.0. The predicted octanol–water partition coefficient (Wildman–Crippen LogP) is 2.40. The summed E-state index contributed by atoms with van der Waals surface area (Å²) < 4.78 is 4.50. The molecule has 2 fully saturated rings. The maximum atomic E-state index is 13.3. The van der Waals surface area contributed by atoms with Gasteiger partial charge in [0, 0.05) is 9.66 Å². The lowest BCUT2D eigenvalue weighted by atomic mass is 9.95. The van der Waals surface area contributed by atoms with E-state index in [9.17, 15) is 29.4 Å². The number of carbonyl (C=O) groups excluding carboxylic acids is 3. The first-order valence-corrected chi connectivity index (χ1v) is 11.9. The van der Waals surface area contributed by atoms with Crippen LogP contribution < -0.4 is 10.6 Å². The van der Waals surface area contributed by atoms with E-state index in [2.05, 4.69) is 20.7 Å². The van der Waals surface area contributed by atoms with Gasteiger partial charge in [0.1, 0.15) is 34.8 Å². The zero-order valence-corrected chi connectivity index (χ0v) is 21.2. The van der Waals surface area contributed by atoms with Crippen LogP contribution in [0.2, 0.25) is 0 Å². The number of benzene rings is 1. The predicted molar refractivity (Wildman–Crippen MR) is 129 cm³/mol. The van der Waals surface area contributed by atoms with Crippen LogP contribution in [-0.4, -0.2) is 66.8 Å². The Bertz CT molecular complexity index is 1140. The number of carboxylic acids is 1. The van der Waals surface area contributed by atoms with Crippen LogP contribution in [0.4, 0.5) is 4.79 Å². The van der Waals surface area contributed by atoms with Crippen molar-refractivity contribution in [1.82, 2.24) is 15.5 Å². The van der Waals surface area contributed by atoms with Gasteiger partial charge >= 0.3 is 12.1 Å². The highest BCUT2D eigenvalue weighted by molar-refractivity contribution is 8.01. The number of thioether (sulfide) groups is 1. The van der Waals surface area contributed by atoms with E-state index in [1.165, 1.54) is 34.9 Å². The fraction of sp³-hybridized carbons (Fsp3) is 0.545. The monoisotopic (exact) mass is 520 g/mol. The number of carbonyl (C=O) groups is 4. The number of β-lactam (4-membered cyclic amide) rings is 1. The van der Waals surface area contributed by atoms with Gasteiger partial charge in [-0.1, -0.05) is 11.2 Å². The number of hydrogen-bond acceptors (Lipinski definition) is 8. The molecule has 0 saturated carbocycles. The first-order valence-electron chi connectivity index (χ1n) is 11.0. The highest BCUT2D eigenvalue weighted by Gasteiger charge is 2.64. The van der Waals surface area contributed by atoms with Crippen molar-refractivity contribution in [3.8, 4) is 5.75 Å². The third-order valence-corrected chi connectivity index (χ3v) is 7.21. The number of rotatable bonds is 7. The highest BCUT2D eigenvalue weighted by atomic mass is 32.2. The van der Waals surface area contributed by atoms with Crippen molar-refractivity contribution >= 4 is 35.6 Å². The van der Waals surface area contributed by atoms with Gasteiger partial charge < -0.3 is 30.5 Å². The van der Waals surface area contributed by atoms with E-state index in [1.54, 1.807) is 34.6 Å². The number of carboxylic acid groups (broad SMARTS) is 1. The molecule has 36 heavy (non-hydrogen) atoms. The molecule has 0 aromatic heterocycles. The minimum Gasteiger partial charge on any atom is -0.508 e. The van der Waals surface area contributed by atoms with Gasteiger partial charge in [-0.15, -0.1) is 11.8 Å². The number of aromatic hydroxyl groups is 1. The summed E-state index contributed by atoms with van der Waals surface area (Å²) in [6, 6.07) is 0.727. The van der Waals surface area contributed by atoms with E-state index in [4.69, 9.17) is 10.3 Å². The SMILES string of the molecule is CC(C)(C)OC(=O)NC(C(=O)NC1C(=O)N2C1SC(C)(C)C2C(=O)O)c1ccc(O)c(CN=[N+]=[N-])c1. The average molecular weight is 521 g/mol. The van der Waals surface area contributed by atoms with Crippen molar-refractivity contribution in [2.24, 2.45) is 5.11 Å². The number of amides is 3. The molecule has 0 radical (unpaired) electrons. The van der Waals surface area contributed by atoms with Crippen LogP contribution in [0.15, 0.2) is 23.3 Å². The van der Waals surface area contributed by atoms with Gasteiger partial charge in [-0.25, -0.2) is 9.59 Å². The lowest BCUT2D eigenvalue weighted by Crippen LogP contribution is -2.71. The fourth-order valence-electron chi connectivity index (χ4n) is 4.13. The number of phenols is 1. The molecular formula is C22H28N6O7S. The standard InChI is InChI=1S/C22H28N6O7S/c1-21(2,3)35-20(34)26-13(10-6-7-12(29)11(8-10)9-24-27-23)16(30)25-14-17(31)28-15(19(32)33)22(4,5)36-18(14)28/h6-8,13-15,18,29H,9H2,1-5H3,(H,25,30)(H,26,34)(H,32,33). The number of ether oxygens (including phenoxy) is 1. The van der Waals surface area contributed by atoms with Crippen LogP contribution in [0, 0.1) is 0 Å². The summed E-state index contributed by atoms with van der Waals surface area (Å²) in [7, 11) is 0. The number of hydrogen-bond donors (Lipinski definition) is 4. The summed E-state index contributed by atoms with van der Waals surface area (Å²) in [5.41, 5.74) is 8.21. The maximum absolute atomic E-state index is 13.3. The molecule has 13 nitrogen and oxygen atoms in total. The number of aliphatic carboxylic acids is 1. The molecule has 3 rings (SSSR count). The third-order valence-electron chi connectivity index (χ3n) is 5.64. The van der Waals surface area contributed by atoms with E-state index in [-0.39, 0.29) is 23.4 Å². The van der Waals surface area contributed by atoms with Crippen LogP contribution in [0.5, 0.6) is 5.75 Å². The number of nitrogens with zero attached hydrogens (tertiary/aromatic N) is 4. The molecule has 0 spiro atoms. The fourth-order valence-corrected chi connectivity index (χ4v) is 5.75. The molecule has 4 atom stereocenters. The Morgan fingerprint density at radius 3 is 2.58 bits per heavy atom. The molecule has 2 heterocycles. The van der Waals surface area contributed by atoms with Crippen molar-refractivity contribution in [2.75, 3.05) is 0 Å². The van der Waals surface area contributed by atoms with Gasteiger partial charge in [0.2, 0.25) is 11.8 Å². The first kappa shape index (κ1) is 27.0. The summed E-state index contributed by atoms with van der Waals surface area (Å²) >= 11 is 1.27. The van der Waals surface area contributed by atoms with Crippen molar-refractivity contribution in [1.29, 1.82) is 0 Å². The maximum Gasteiger partial charge on any atom is 0.408 e. The molecule has 194 valence electrons. The Morgan fingerprint density at radius 1 is 1.33 bits per heavy atom. The molecule has 2 aliphatic rings. The topological polar surface area (TPSA) is 194 Å². The number of azide groups is 1. The molecule has 4 unspecified atom stereocenters. The van der Waals surface area contributed by atoms with Gasteiger partial charge in [0.15, 0.2) is 0 Å². The van der Waals surface area contributed by atoms with Gasteiger partial charge in [-0.3, -0.25) is 9.59 Å². The lowest BCUT2D eigenvalue weighted by molar-refractivity contribution is -0.161. The van der Waals surface area contributed by atoms with Crippen LogP contribution >= 0.6 is 11.8 Å². The molecular weight excluding hydrogens is 492 g/mol. The third kappa shape index (κ3) is 5.44. The average Bonchev–Trinajstić information content (AvgIpc) is 3.02. The van der Waals surface area contributed by atoms with E-state index >= 15 is 0 Å². The van der Waals surface area contributed by atoms with Gasteiger partial charge in [-0.05, 0) is 63.4 Å². The smallest absolute Gasteiger partial charge is 0.408 e. The Kier molecular flexibility index (Phi) is 7.32. The molecule has 0 bridgehead atoms.